The standard InChI is InChI=1S/C11H9ClO3/c1-5-3-4-7(12)8-6(2)10(11(13)14)15-9(5)8/h3-4H,1-2H3,(H,13,14). The van der Waals surface area contributed by atoms with E-state index in [1.54, 1.807) is 19.1 Å². The summed E-state index contributed by atoms with van der Waals surface area (Å²) in [6, 6.07) is 3.55. The summed E-state index contributed by atoms with van der Waals surface area (Å²) in [6.07, 6.45) is 0. The predicted octanol–water partition coefficient (Wildman–Crippen LogP) is 3.40. The van der Waals surface area contributed by atoms with E-state index >= 15 is 0 Å². The van der Waals surface area contributed by atoms with Gasteiger partial charge < -0.3 is 9.52 Å². The van der Waals surface area contributed by atoms with Gasteiger partial charge in [0.25, 0.3) is 0 Å². The smallest absolute Gasteiger partial charge is 0.372 e. The average Bonchev–Trinajstić information content (AvgIpc) is 2.51. The van der Waals surface area contributed by atoms with Crippen molar-refractivity contribution in [3.8, 4) is 0 Å². The molecule has 0 aliphatic rings. The first-order valence-corrected chi connectivity index (χ1v) is 4.81. The lowest BCUT2D eigenvalue weighted by molar-refractivity contribution is 0.0664. The lowest BCUT2D eigenvalue weighted by Gasteiger charge is -1.96. The molecule has 3 nitrogen and oxygen atoms in total. The zero-order chi connectivity index (χ0) is 11.2. The summed E-state index contributed by atoms with van der Waals surface area (Å²) in [5.41, 5.74) is 2.01. The van der Waals surface area contributed by atoms with E-state index in [4.69, 9.17) is 21.1 Å². The molecule has 0 atom stereocenters. The number of fused-ring (bicyclic) bond motifs is 1. The van der Waals surface area contributed by atoms with Gasteiger partial charge in [0.1, 0.15) is 5.58 Å². The number of hydrogen-bond donors (Lipinski definition) is 1. The molecule has 1 aromatic heterocycles. The topological polar surface area (TPSA) is 50.4 Å². The molecule has 0 aliphatic heterocycles. The zero-order valence-electron chi connectivity index (χ0n) is 8.30. The van der Waals surface area contributed by atoms with Gasteiger partial charge in [-0.2, -0.15) is 0 Å². The zero-order valence-corrected chi connectivity index (χ0v) is 9.05. The highest BCUT2D eigenvalue weighted by Gasteiger charge is 2.19. The Labute approximate surface area is 91.3 Å². The van der Waals surface area contributed by atoms with Gasteiger partial charge in [-0.15, -0.1) is 0 Å². The summed E-state index contributed by atoms with van der Waals surface area (Å²) >= 11 is 6.00. The molecule has 0 aliphatic carbocycles. The molecule has 78 valence electrons. The molecule has 0 amide bonds. The average molecular weight is 225 g/mol. The minimum Gasteiger partial charge on any atom is -0.475 e. The number of aromatic carboxylic acids is 1. The number of carboxylic acid groups (broad SMARTS) is 1. The van der Waals surface area contributed by atoms with Crippen LogP contribution in [0.25, 0.3) is 11.0 Å². The molecular weight excluding hydrogens is 216 g/mol. The second-order valence-electron chi connectivity index (χ2n) is 3.43. The molecule has 2 aromatic rings. The van der Waals surface area contributed by atoms with Crippen LogP contribution in [0.1, 0.15) is 21.7 Å². The van der Waals surface area contributed by atoms with Gasteiger partial charge in [0, 0.05) is 10.9 Å². The second-order valence-corrected chi connectivity index (χ2v) is 3.84. The highest BCUT2D eigenvalue weighted by Crippen LogP contribution is 2.33. The van der Waals surface area contributed by atoms with Crippen LogP contribution in [0.15, 0.2) is 16.5 Å². The number of furan rings is 1. The lowest BCUT2D eigenvalue weighted by Crippen LogP contribution is -1.95. The number of halogens is 1. The van der Waals surface area contributed by atoms with E-state index in [1.165, 1.54) is 0 Å². The number of rotatable bonds is 1. The van der Waals surface area contributed by atoms with Gasteiger partial charge in [-0.1, -0.05) is 17.7 Å². The van der Waals surface area contributed by atoms with Crippen molar-refractivity contribution in [2.45, 2.75) is 13.8 Å². The van der Waals surface area contributed by atoms with E-state index in [9.17, 15) is 4.79 Å². The maximum absolute atomic E-state index is 10.9. The molecule has 0 saturated heterocycles. The van der Waals surface area contributed by atoms with Crippen LogP contribution in [0, 0.1) is 13.8 Å². The van der Waals surface area contributed by atoms with Crippen LogP contribution < -0.4 is 0 Å². The summed E-state index contributed by atoms with van der Waals surface area (Å²) in [4.78, 5) is 10.9. The first-order chi connectivity index (χ1) is 7.02. The van der Waals surface area contributed by atoms with Crippen molar-refractivity contribution in [3.63, 3.8) is 0 Å². The molecule has 0 radical (unpaired) electrons. The molecule has 2 rings (SSSR count). The van der Waals surface area contributed by atoms with Crippen molar-refractivity contribution in [2.24, 2.45) is 0 Å². The number of carboxylic acids is 1. The second kappa shape index (κ2) is 3.28. The van der Waals surface area contributed by atoms with E-state index in [0.717, 1.165) is 5.56 Å². The van der Waals surface area contributed by atoms with Gasteiger partial charge in [-0.3, -0.25) is 0 Å². The summed E-state index contributed by atoms with van der Waals surface area (Å²) in [6.45, 7) is 3.55. The van der Waals surface area contributed by atoms with Gasteiger partial charge in [-0.25, -0.2) is 4.79 Å². The van der Waals surface area contributed by atoms with Crippen molar-refractivity contribution in [2.75, 3.05) is 0 Å². The third-order valence-electron chi connectivity index (χ3n) is 2.42. The van der Waals surface area contributed by atoms with Crippen molar-refractivity contribution >= 4 is 28.5 Å². The molecule has 0 bridgehead atoms. The van der Waals surface area contributed by atoms with Crippen LogP contribution in [0.4, 0.5) is 0 Å². The molecule has 0 unspecified atom stereocenters. The highest BCUT2D eigenvalue weighted by molar-refractivity contribution is 6.36. The molecule has 1 aromatic carbocycles. The van der Waals surface area contributed by atoms with Crippen molar-refractivity contribution in [3.05, 3.63) is 34.0 Å². The summed E-state index contributed by atoms with van der Waals surface area (Å²) in [7, 11) is 0. The Morgan fingerprint density at radius 2 is 2.07 bits per heavy atom. The summed E-state index contributed by atoms with van der Waals surface area (Å²) in [5, 5.41) is 10.1. The van der Waals surface area contributed by atoms with Crippen LogP contribution >= 0.6 is 11.6 Å². The first-order valence-electron chi connectivity index (χ1n) is 4.44. The van der Waals surface area contributed by atoms with Crippen LogP contribution in [-0.2, 0) is 0 Å². The number of aryl methyl sites for hydroxylation is 2. The number of carbonyl (C=O) groups is 1. The Kier molecular flexibility index (Phi) is 2.20. The Hall–Kier alpha value is -1.48. The van der Waals surface area contributed by atoms with Crippen LogP contribution in [0.3, 0.4) is 0 Å². The largest absolute Gasteiger partial charge is 0.475 e. The third-order valence-corrected chi connectivity index (χ3v) is 2.73. The monoisotopic (exact) mass is 224 g/mol. The Morgan fingerprint density at radius 3 is 2.60 bits per heavy atom. The summed E-state index contributed by atoms with van der Waals surface area (Å²) < 4.78 is 5.29. The molecule has 15 heavy (non-hydrogen) atoms. The minimum atomic E-state index is -1.07. The third kappa shape index (κ3) is 1.39. The Bertz CT molecular complexity index is 554. The van der Waals surface area contributed by atoms with Gasteiger partial charge in [0.05, 0.1) is 5.02 Å². The maximum atomic E-state index is 10.9. The molecule has 0 saturated carbocycles. The molecule has 1 N–H and O–H groups in total. The predicted molar refractivity (Wildman–Crippen MR) is 57.7 cm³/mol. The molecule has 4 heteroatoms. The fourth-order valence-corrected chi connectivity index (χ4v) is 1.93. The van der Waals surface area contributed by atoms with Crippen molar-refractivity contribution < 1.29 is 14.3 Å². The van der Waals surface area contributed by atoms with E-state index in [2.05, 4.69) is 0 Å². The Balaban J connectivity index is 2.93. The molecule has 0 fully saturated rings. The first kappa shape index (κ1) is 10.1. The normalized spacial score (nSPS) is 10.9. The van der Waals surface area contributed by atoms with Crippen LogP contribution in [0.2, 0.25) is 5.02 Å². The molecular formula is C11H9ClO3. The van der Waals surface area contributed by atoms with Gasteiger partial charge in [-0.05, 0) is 25.5 Å². The van der Waals surface area contributed by atoms with Crippen molar-refractivity contribution in [1.82, 2.24) is 0 Å². The van der Waals surface area contributed by atoms with Gasteiger partial charge >= 0.3 is 5.97 Å². The van der Waals surface area contributed by atoms with Gasteiger partial charge in [0.2, 0.25) is 5.76 Å². The van der Waals surface area contributed by atoms with Crippen molar-refractivity contribution in [1.29, 1.82) is 0 Å². The highest BCUT2D eigenvalue weighted by atomic mass is 35.5. The molecule has 0 spiro atoms. The lowest BCUT2D eigenvalue weighted by atomic mass is 10.1. The number of hydrogen-bond acceptors (Lipinski definition) is 2. The van der Waals surface area contributed by atoms with E-state index < -0.39 is 5.97 Å². The Morgan fingerprint density at radius 1 is 1.40 bits per heavy atom. The van der Waals surface area contributed by atoms with E-state index in [1.807, 2.05) is 6.92 Å². The SMILES string of the molecule is Cc1ccc(Cl)c2c(C)c(C(=O)O)oc12. The fourth-order valence-electron chi connectivity index (χ4n) is 1.64. The number of benzene rings is 1. The minimum absolute atomic E-state index is 0.0406. The van der Waals surface area contributed by atoms with E-state index in [0.29, 0.717) is 21.6 Å². The van der Waals surface area contributed by atoms with Crippen LogP contribution in [0.5, 0.6) is 0 Å². The summed E-state index contributed by atoms with van der Waals surface area (Å²) in [5.74, 6) is -1.11. The fraction of sp³-hybridized carbons (Fsp3) is 0.182. The van der Waals surface area contributed by atoms with Crippen LogP contribution in [-0.4, -0.2) is 11.1 Å². The maximum Gasteiger partial charge on any atom is 0.372 e. The van der Waals surface area contributed by atoms with Gasteiger partial charge in [0.15, 0.2) is 0 Å². The quantitative estimate of drug-likeness (QED) is 0.808. The molecule has 1 heterocycles. The van der Waals surface area contributed by atoms with E-state index in [-0.39, 0.29) is 5.76 Å².